The second kappa shape index (κ2) is 36.3. The first-order valence-electron chi connectivity index (χ1n) is 11.4. The van der Waals surface area contributed by atoms with Crippen molar-refractivity contribution in [2.24, 2.45) is 9.98 Å². The zero-order chi connectivity index (χ0) is 29.9. The summed E-state index contributed by atoms with van der Waals surface area (Å²) in [6.45, 7) is 0.761. The normalized spacial score (nSPS) is 11.2. The van der Waals surface area contributed by atoms with E-state index in [1.807, 2.05) is 0 Å². The average Bonchev–Trinajstić information content (AvgIpc) is 2.97. The van der Waals surface area contributed by atoms with Crippen molar-refractivity contribution in [3.63, 3.8) is 0 Å². The quantitative estimate of drug-likeness (QED) is 0.0209. The smallest absolute Gasteiger partial charge is 0.408 e. The molecule has 0 saturated carbocycles. The third kappa shape index (κ3) is 36.2. The number of rotatable bonds is 30. The Hall–Kier alpha value is 0.120. The van der Waals surface area contributed by atoms with E-state index in [1.54, 1.807) is 47.0 Å². The van der Waals surface area contributed by atoms with Gasteiger partial charge in [0.1, 0.15) is 25.1 Å². The molecule has 0 radical (unpaired) electrons. The Balaban J connectivity index is 3.26. The van der Waals surface area contributed by atoms with E-state index in [4.69, 9.17) is 34.3 Å². The van der Waals surface area contributed by atoms with Gasteiger partial charge in [0.05, 0.1) is 35.4 Å². The van der Waals surface area contributed by atoms with Crippen molar-refractivity contribution < 1.29 is 48.8 Å². The molecule has 0 rings (SSSR count). The van der Waals surface area contributed by atoms with Gasteiger partial charge in [-0.3, -0.25) is 0 Å². The maximum absolute atomic E-state index is 11.6. The van der Waals surface area contributed by atoms with Gasteiger partial charge in [-0.2, -0.15) is 9.78 Å². The highest BCUT2D eigenvalue weighted by molar-refractivity contribution is 8.16. The third-order valence-electron chi connectivity index (χ3n) is 3.20. The highest BCUT2D eigenvalue weighted by Crippen LogP contribution is 2.13. The SMILES string of the molecule is O=C(NCSCSC/N=C\OOCSCO)OCCSCSCCOO/C=N/CSCSCNC(=O)OCSCO. The molecule has 41 heavy (non-hydrogen) atoms. The van der Waals surface area contributed by atoms with Gasteiger partial charge < -0.3 is 40.1 Å². The minimum Gasteiger partial charge on any atom is -0.449 e. The number of ether oxygens (including phenoxy) is 2. The summed E-state index contributed by atoms with van der Waals surface area (Å²) in [7, 11) is 0. The van der Waals surface area contributed by atoms with Gasteiger partial charge in [-0.15, -0.1) is 82.3 Å². The van der Waals surface area contributed by atoms with Crippen LogP contribution in [0, 0.1) is 0 Å². The molecule has 4 N–H and O–H groups in total. The first-order chi connectivity index (χ1) is 20.2. The lowest BCUT2D eigenvalue weighted by Gasteiger charge is -2.06. The summed E-state index contributed by atoms with van der Waals surface area (Å²) >= 11 is 11.8. The summed E-state index contributed by atoms with van der Waals surface area (Å²) in [5.41, 5.74) is 0. The number of alkyl carbamates (subject to hydrolysis) is 2. The van der Waals surface area contributed by atoms with Crippen LogP contribution < -0.4 is 10.6 Å². The van der Waals surface area contributed by atoms with Gasteiger partial charge >= 0.3 is 12.2 Å². The fourth-order valence-electron chi connectivity index (χ4n) is 1.63. The van der Waals surface area contributed by atoms with Gasteiger partial charge in [0, 0.05) is 26.8 Å². The van der Waals surface area contributed by atoms with Crippen LogP contribution in [0.2, 0.25) is 0 Å². The third-order valence-corrected chi connectivity index (χ3v) is 10.4. The minimum absolute atomic E-state index is 0.0287. The lowest BCUT2D eigenvalue weighted by Crippen LogP contribution is -2.24. The fourth-order valence-corrected chi connectivity index (χ4v) is 6.87. The van der Waals surface area contributed by atoms with Gasteiger partial charge in [0.25, 0.3) is 0 Å². The van der Waals surface area contributed by atoms with E-state index in [2.05, 4.69) is 25.5 Å². The molecular weight excluding hydrogens is 701 g/mol. The molecule has 0 heterocycles. The molecule has 0 spiro atoms. The van der Waals surface area contributed by atoms with Crippen LogP contribution in [0.5, 0.6) is 0 Å². The zero-order valence-corrected chi connectivity index (χ0v) is 28.6. The first-order valence-corrected chi connectivity index (χ1v) is 20.6. The lowest BCUT2D eigenvalue weighted by atomic mass is 10.8. The molecular formula is C19H36N4O10S8. The Morgan fingerprint density at radius 1 is 0.634 bits per heavy atom. The summed E-state index contributed by atoms with van der Waals surface area (Å²) in [5, 5.41) is 24.7. The molecule has 0 unspecified atom stereocenters. The van der Waals surface area contributed by atoms with Crippen molar-refractivity contribution in [1.29, 1.82) is 0 Å². The Morgan fingerprint density at radius 3 is 1.80 bits per heavy atom. The highest BCUT2D eigenvalue weighted by Gasteiger charge is 2.02. The van der Waals surface area contributed by atoms with Crippen molar-refractivity contribution in [2.45, 2.75) is 0 Å². The van der Waals surface area contributed by atoms with Crippen LogP contribution in [0.25, 0.3) is 0 Å². The van der Waals surface area contributed by atoms with Gasteiger partial charge in [-0.25, -0.2) is 19.6 Å². The molecule has 0 aromatic rings. The van der Waals surface area contributed by atoms with E-state index in [-0.39, 0.29) is 23.8 Å². The van der Waals surface area contributed by atoms with Gasteiger partial charge in [-0.1, -0.05) is 11.8 Å². The molecule has 0 aliphatic rings. The molecule has 2 amide bonds. The summed E-state index contributed by atoms with van der Waals surface area (Å²) in [6.07, 6.45) is 1.52. The van der Waals surface area contributed by atoms with E-state index in [1.165, 1.54) is 48.1 Å². The number of aliphatic hydroxyl groups excluding tert-OH is 2. The predicted molar refractivity (Wildman–Crippen MR) is 179 cm³/mol. The van der Waals surface area contributed by atoms with Crippen molar-refractivity contribution in [3.8, 4) is 0 Å². The van der Waals surface area contributed by atoms with Crippen LogP contribution in [-0.4, -0.2) is 122 Å². The monoisotopic (exact) mass is 736 g/mol. The molecule has 0 aliphatic heterocycles. The number of aliphatic hydroxyl groups is 2. The first kappa shape index (κ1) is 41.1. The fraction of sp³-hybridized carbons (Fsp3) is 0.789. The predicted octanol–water partition coefficient (Wildman–Crippen LogP) is 3.77. The van der Waals surface area contributed by atoms with Crippen LogP contribution >= 0.6 is 94.1 Å². The Kier molecular flexibility index (Phi) is 36.4. The molecule has 14 nitrogen and oxygen atoms in total. The molecule has 0 atom stereocenters. The molecule has 0 aliphatic carbocycles. The number of thioether (sulfide) groups is 8. The number of amides is 2. The second-order valence-electron chi connectivity index (χ2n) is 6.07. The standard InChI is InChI=1S/C19H36N4O10S8/c24-11-40-13-29-19(27)23-10-39-17-36-7-20-5-31-30-2-4-35-15-34-3-1-28-18(26)22-9-38-16-37-8-21-6-32-33-14-41-12-25/h5-6,24-25H,1-4,7-17H2,(H,22,26)(H,23,27)/b20-5+,21-6-. The highest BCUT2D eigenvalue weighted by atomic mass is 32.2. The van der Waals surface area contributed by atoms with Crippen LogP contribution in [0.3, 0.4) is 0 Å². The van der Waals surface area contributed by atoms with Crippen LogP contribution in [0.4, 0.5) is 9.59 Å². The Bertz CT molecular complexity index is 665. The summed E-state index contributed by atoms with van der Waals surface area (Å²) in [6, 6.07) is 0. The molecule has 0 bridgehead atoms. The molecule has 0 saturated heterocycles. The van der Waals surface area contributed by atoms with E-state index in [0.717, 1.165) is 32.8 Å². The van der Waals surface area contributed by atoms with Crippen molar-refractivity contribution in [1.82, 2.24) is 10.6 Å². The van der Waals surface area contributed by atoms with Crippen molar-refractivity contribution in [2.75, 3.05) is 87.2 Å². The Labute approximate surface area is 274 Å². The number of aliphatic imine (C=N–C) groups is 2. The Morgan fingerprint density at radius 2 is 1.17 bits per heavy atom. The molecule has 0 aromatic heterocycles. The number of nitrogens with one attached hydrogen (secondary N) is 2. The van der Waals surface area contributed by atoms with Crippen molar-refractivity contribution in [3.05, 3.63) is 0 Å². The van der Waals surface area contributed by atoms with Crippen LogP contribution in [-0.2, 0) is 29.0 Å². The maximum atomic E-state index is 11.6. The number of hydrogen-bond donors (Lipinski definition) is 4. The van der Waals surface area contributed by atoms with Gasteiger partial charge in [0.2, 0.25) is 12.8 Å². The van der Waals surface area contributed by atoms with E-state index >= 15 is 0 Å². The van der Waals surface area contributed by atoms with Gasteiger partial charge in [0.15, 0.2) is 0 Å². The average molecular weight is 737 g/mol. The number of hydrogen-bond acceptors (Lipinski definition) is 20. The zero-order valence-electron chi connectivity index (χ0n) is 22.1. The van der Waals surface area contributed by atoms with E-state index < -0.39 is 12.2 Å². The second-order valence-corrected chi connectivity index (χ2v) is 15.1. The van der Waals surface area contributed by atoms with E-state index in [0.29, 0.717) is 42.5 Å². The summed E-state index contributed by atoms with van der Waals surface area (Å²) in [5.74, 6) is 3.58. The van der Waals surface area contributed by atoms with Gasteiger partial charge in [-0.05, 0) is 0 Å². The maximum Gasteiger partial charge on any atom is 0.408 e. The minimum atomic E-state index is -0.510. The molecule has 0 fully saturated rings. The number of carbonyl (C=O) groups is 2. The lowest BCUT2D eigenvalue weighted by molar-refractivity contribution is -0.210. The van der Waals surface area contributed by atoms with Crippen molar-refractivity contribution >= 4 is 119 Å². The summed E-state index contributed by atoms with van der Waals surface area (Å²) < 4.78 is 9.92. The van der Waals surface area contributed by atoms with E-state index in [9.17, 15) is 9.59 Å². The topological polar surface area (TPSA) is 179 Å². The largest absolute Gasteiger partial charge is 0.449 e. The summed E-state index contributed by atoms with van der Waals surface area (Å²) in [4.78, 5) is 50.2. The molecule has 0 aromatic carbocycles. The van der Waals surface area contributed by atoms with Crippen LogP contribution in [0.15, 0.2) is 9.98 Å². The molecule has 22 heteroatoms. The number of carbonyl (C=O) groups excluding carboxylic acids is 2. The van der Waals surface area contributed by atoms with Crippen LogP contribution in [0.1, 0.15) is 0 Å². The molecule has 240 valence electrons. The number of nitrogens with zero attached hydrogens (tertiary/aromatic N) is 2.